The molecule has 1 amide bonds. The van der Waals surface area contributed by atoms with Crippen LogP contribution < -0.4 is 5.32 Å². The predicted octanol–water partition coefficient (Wildman–Crippen LogP) is 3.85. The molecule has 116 valence electrons. The third-order valence-corrected chi connectivity index (χ3v) is 3.50. The van der Waals surface area contributed by atoms with Gasteiger partial charge in [-0.25, -0.2) is 0 Å². The fourth-order valence-corrected chi connectivity index (χ4v) is 2.10. The van der Waals surface area contributed by atoms with Crippen LogP contribution in [0.2, 0.25) is 0 Å². The van der Waals surface area contributed by atoms with Crippen LogP contribution >= 0.6 is 0 Å². The number of rotatable bonds is 6. The molecule has 22 heavy (non-hydrogen) atoms. The Bertz CT molecular complexity index is 618. The summed E-state index contributed by atoms with van der Waals surface area (Å²) in [7, 11) is 0. The topological polar surface area (TPSA) is 38.3 Å². The van der Waals surface area contributed by atoms with Gasteiger partial charge in [0, 0.05) is 12.1 Å². The van der Waals surface area contributed by atoms with Gasteiger partial charge in [0.15, 0.2) is 0 Å². The van der Waals surface area contributed by atoms with Gasteiger partial charge in [-0.15, -0.1) is 0 Å². The van der Waals surface area contributed by atoms with Gasteiger partial charge in [-0.2, -0.15) is 0 Å². The number of nitrogens with one attached hydrogen (secondary N) is 1. The maximum Gasteiger partial charge on any atom is 0.251 e. The van der Waals surface area contributed by atoms with Gasteiger partial charge in [-0.3, -0.25) is 4.79 Å². The molecule has 2 rings (SSSR count). The summed E-state index contributed by atoms with van der Waals surface area (Å²) in [6, 6.07) is 15.6. The summed E-state index contributed by atoms with van der Waals surface area (Å²) in [5.74, 6) is -0.0559. The standard InChI is InChI=1S/C19H23NO2/c1-14(2)22-13-16-8-10-17(11-9-16)19(21)20-12-18-7-5-4-6-15(18)3/h4-11,14H,12-13H2,1-3H3,(H,20,21). The summed E-state index contributed by atoms with van der Waals surface area (Å²) in [5.41, 5.74) is 4.06. The minimum Gasteiger partial charge on any atom is -0.374 e. The Kier molecular flexibility index (Phi) is 5.73. The number of aryl methyl sites for hydroxylation is 1. The van der Waals surface area contributed by atoms with Gasteiger partial charge in [0.2, 0.25) is 0 Å². The molecule has 0 saturated carbocycles. The monoisotopic (exact) mass is 297 g/mol. The predicted molar refractivity (Wildman–Crippen MR) is 88.7 cm³/mol. The number of carbonyl (C=O) groups is 1. The zero-order chi connectivity index (χ0) is 15.9. The van der Waals surface area contributed by atoms with E-state index >= 15 is 0 Å². The Hall–Kier alpha value is -2.13. The summed E-state index contributed by atoms with van der Waals surface area (Å²) >= 11 is 0. The van der Waals surface area contributed by atoms with Crippen LogP contribution in [0.25, 0.3) is 0 Å². The van der Waals surface area contributed by atoms with Crippen LogP contribution in [0.15, 0.2) is 48.5 Å². The first-order valence-electron chi connectivity index (χ1n) is 7.59. The summed E-state index contributed by atoms with van der Waals surface area (Å²) in [6.07, 6.45) is 0.206. The maximum atomic E-state index is 12.2. The van der Waals surface area contributed by atoms with Crippen molar-refractivity contribution in [1.29, 1.82) is 0 Å². The summed E-state index contributed by atoms with van der Waals surface area (Å²) in [6.45, 7) is 7.18. The molecule has 0 spiro atoms. The number of hydrogen-bond acceptors (Lipinski definition) is 2. The van der Waals surface area contributed by atoms with Gasteiger partial charge in [0.05, 0.1) is 12.7 Å². The van der Waals surface area contributed by atoms with Crippen molar-refractivity contribution in [2.24, 2.45) is 0 Å². The fourth-order valence-electron chi connectivity index (χ4n) is 2.10. The molecule has 0 aromatic heterocycles. The van der Waals surface area contributed by atoms with E-state index in [4.69, 9.17) is 4.74 Å². The van der Waals surface area contributed by atoms with Crippen molar-refractivity contribution in [3.63, 3.8) is 0 Å². The zero-order valence-electron chi connectivity index (χ0n) is 13.4. The summed E-state index contributed by atoms with van der Waals surface area (Å²) in [5, 5.41) is 2.96. The smallest absolute Gasteiger partial charge is 0.251 e. The first kappa shape index (κ1) is 16.2. The Morgan fingerprint density at radius 2 is 1.77 bits per heavy atom. The lowest BCUT2D eigenvalue weighted by Gasteiger charge is -2.09. The SMILES string of the molecule is Cc1ccccc1CNC(=O)c1ccc(COC(C)C)cc1. The highest BCUT2D eigenvalue weighted by atomic mass is 16.5. The second-order valence-electron chi connectivity index (χ2n) is 5.67. The van der Waals surface area contributed by atoms with Crippen molar-refractivity contribution >= 4 is 5.91 Å². The lowest BCUT2D eigenvalue weighted by atomic mass is 10.1. The summed E-state index contributed by atoms with van der Waals surface area (Å²) < 4.78 is 5.55. The number of hydrogen-bond donors (Lipinski definition) is 1. The van der Waals surface area contributed by atoms with E-state index in [1.807, 2.05) is 69.3 Å². The highest BCUT2D eigenvalue weighted by molar-refractivity contribution is 5.94. The molecule has 1 N–H and O–H groups in total. The maximum absolute atomic E-state index is 12.2. The van der Waals surface area contributed by atoms with Crippen LogP contribution in [0.3, 0.4) is 0 Å². The second kappa shape index (κ2) is 7.76. The normalized spacial score (nSPS) is 10.7. The molecule has 0 heterocycles. The van der Waals surface area contributed by atoms with Crippen molar-refractivity contribution in [1.82, 2.24) is 5.32 Å². The van der Waals surface area contributed by atoms with Crippen LogP contribution in [0, 0.1) is 6.92 Å². The number of carbonyl (C=O) groups excluding carboxylic acids is 1. The van der Waals surface area contributed by atoms with Crippen LogP contribution in [-0.4, -0.2) is 12.0 Å². The molecule has 0 fully saturated rings. The van der Waals surface area contributed by atoms with E-state index in [1.165, 1.54) is 5.56 Å². The Morgan fingerprint density at radius 1 is 1.09 bits per heavy atom. The number of benzene rings is 2. The average molecular weight is 297 g/mol. The van der Waals surface area contributed by atoms with Crippen molar-refractivity contribution in [2.75, 3.05) is 0 Å². The quantitative estimate of drug-likeness (QED) is 0.879. The van der Waals surface area contributed by atoms with E-state index in [-0.39, 0.29) is 12.0 Å². The average Bonchev–Trinajstić information content (AvgIpc) is 2.52. The Labute approximate surface area is 132 Å². The van der Waals surface area contributed by atoms with E-state index < -0.39 is 0 Å². The van der Waals surface area contributed by atoms with Gasteiger partial charge >= 0.3 is 0 Å². The van der Waals surface area contributed by atoms with Gasteiger partial charge in [0.25, 0.3) is 5.91 Å². The van der Waals surface area contributed by atoms with Gasteiger partial charge in [0.1, 0.15) is 0 Å². The Balaban J connectivity index is 1.91. The molecule has 0 aliphatic heterocycles. The molecule has 0 radical (unpaired) electrons. The van der Waals surface area contributed by atoms with Gasteiger partial charge in [-0.1, -0.05) is 36.4 Å². The van der Waals surface area contributed by atoms with E-state index in [2.05, 4.69) is 5.32 Å². The van der Waals surface area contributed by atoms with E-state index in [0.29, 0.717) is 18.7 Å². The number of ether oxygens (including phenoxy) is 1. The molecule has 0 saturated heterocycles. The van der Waals surface area contributed by atoms with Crippen LogP contribution in [0.1, 0.15) is 40.9 Å². The molecule has 0 aliphatic carbocycles. The second-order valence-corrected chi connectivity index (χ2v) is 5.67. The minimum absolute atomic E-state index is 0.0559. The highest BCUT2D eigenvalue weighted by Crippen LogP contribution is 2.09. The molecule has 0 atom stereocenters. The molecular weight excluding hydrogens is 274 g/mol. The fraction of sp³-hybridized carbons (Fsp3) is 0.316. The van der Waals surface area contributed by atoms with Gasteiger partial charge in [-0.05, 0) is 49.6 Å². The van der Waals surface area contributed by atoms with Crippen LogP contribution in [0.5, 0.6) is 0 Å². The largest absolute Gasteiger partial charge is 0.374 e. The van der Waals surface area contributed by atoms with Crippen LogP contribution in [-0.2, 0) is 17.9 Å². The first-order valence-corrected chi connectivity index (χ1v) is 7.59. The molecular formula is C19H23NO2. The summed E-state index contributed by atoms with van der Waals surface area (Å²) in [4.78, 5) is 12.2. The molecule has 2 aromatic carbocycles. The molecule has 3 heteroatoms. The lowest BCUT2D eigenvalue weighted by Crippen LogP contribution is -2.23. The first-order chi connectivity index (χ1) is 10.6. The lowest BCUT2D eigenvalue weighted by molar-refractivity contribution is 0.0657. The third kappa shape index (κ3) is 4.71. The van der Waals surface area contributed by atoms with Crippen LogP contribution in [0.4, 0.5) is 0 Å². The van der Waals surface area contributed by atoms with E-state index in [1.54, 1.807) is 0 Å². The van der Waals surface area contributed by atoms with E-state index in [0.717, 1.165) is 11.1 Å². The molecule has 3 nitrogen and oxygen atoms in total. The molecule has 2 aromatic rings. The molecule has 0 unspecified atom stereocenters. The zero-order valence-corrected chi connectivity index (χ0v) is 13.4. The van der Waals surface area contributed by atoms with Crippen molar-refractivity contribution in [3.8, 4) is 0 Å². The highest BCUT2D eigenvalue weighted by Gasteiger charge is 2.06. The molecule has 0 bridgehead atoms. The van der Waals surface area contributed by atoms with Crippen molar-refractivity contribution in [2.45, 2.75) is 40.0 Å². The minimum atomic E-state index is -0.0559. The van der Waals surface area contributed by atoms with Gasteiger partial charge < -0.3 is 10.1 Å². The van der Waals surface area contributed by atoms with E-state index in [9.17, 15) is 4.79 Å². The van der Waals surface area contributed by atoms with Crippen molar-refractivity contribution in [3.05, 3.63) is 70.8 Å². The third-order valence-electron chi connectivity index (χ3n) is 3.50. The molecule has 0 aliphatic rings. The van der Waals surface area contributed by atoms with Crippen molar-refractivity contribution < 1.29 is 9.53 Å². The Morgan fingerprint density at radius 3 is 2.41 bits per heavy atom. The number of amides is 1.